The van der Waals surface area contributed by atoms with Crippen LogP contribution in [0, 0.1) is 0 Å². The van der Waals surface area contributed by atoms with Crippen LogP contribution in [0.15, 0.2) is 30.3 Å². The van der Waals surface area contributed by atoms with Crippen molar-refractivity contribution in [3.8, 4) is 0 Å². The summed E-state index contributed by atoms with van der Waals surface area (Å²) in [7, 11) is 1.35. The number of carbonyl (C=O) groups excluding carboxylic acids is 2. The summed E-state index contributed by atoms with van der Waals surface area (Å²) in [5, 5.41) is 0. The highest BCUT2D eigenvalue weighted by molar-refractivity contribution is 14.1. The first kappa shape index (κ1) is 14.0. The lowest BCUT2D eigenvalue weighted by molar-refractivity contribution is -0.140. The minimum Gasteiger partial charge on any atom is -0.469 e. The van der Waals surface area contributed by atoms with Crippen molar-refractivity contribution in [1.82, 2.24) is 0 Å². The maximum absolute atomic E-state index is 11.8. The Morgan fingerprint density at radius 3 is 2.47 bits per heavy atom. The summed E-state index contributed by atoms with van der Waals surface area (Å²) in [6, 6.07) is 9.39. The van der Waals surface area contributed by atoms with Gasteiger partial charge in [0.25, 0.3) is 0 Å². The molecule has 0 fully saturated rings. The summed E-state index contributed by atoms with van der Waals surface area (Å²) in [5.74, 6) is -0.293. The van der Waals surface area contributed by atoms with E-state index in [0.717, 1.165) is 5.69 Å². The number of carbonyl (C=O) groups is 2. The number of amides is 1. The molecule has 0 aromatic heterocycles. The number of esters is 1. The Hall–Kier alpha value is -1.11. The van der Waals surface area contributed by atoms with Gasteiger partial charge in [0.15, 0.2) is 0 Å². The van der Waals surface area contributed by atoms with Crippen LogP contribution in [0.4, 0.5) is 5.69 Å². The molecule has 1 amide bonds. The van der Waals surface area contributed by atoms with Gasteiger partial charge in [-0.1, -0.05) is 18.2 Å². The molecule has 92 valence electrons. The van der Waals surface area contributed by atoms with Crippen molar-refractivity contribution < 1.29 is 14.3 Å². The van der Waals surface area contributed by atoms with Gasteiger partial charge < -0.3 is 4.74 Å². The summed E-state index contributed by atoms with van der Waals surface area (Å²) < 4.78 is 6.08. The Balaban J connectivity index is 2.40. The van der Waals surface area contributed by atoms with Crippen LogP contribution in [0.25, 0.3) is 0 Å². The quantitative estimate of drug-likeness (QED) is 0.468. The van der Waals surface area contributed by atoms with Crippen LogP contribution in [0.5, 0.6) is 0 Å². The molecule has 0 bridgehead atoms. The predicted octanol–water partition coefficient (Wildman–Crippen LogP) is 2.71. The fourth-order valence-electron chi connectivity index (χ4n) is 1.29. The topological polar surface area (TPSA) is 46.6 Å². The first-order chi connectivity index (χ1) is 8.15. The Kier molecular flexibility index (Phi) is 5.96. The second-order valence-corrected chi connectivity index (χ2v) is 4.40. The molecule has 0 saturated heterocycles. The molecule has 1 rings (SSSR count). The summed E-state index contributed by atoms with van der Waals surface area (Å²) in [6.45, 7) is 0. The van der Waals surface area contributed by atoms with Crippen LogP contribution in [0.1, 0.15) is 19.3 Å². The minimum atomic E-state index is -0.280. The van der Waals surface area contributed by atoms with E-state index < -0.39 is 0 Å². The molecule has 17 heavy (non-hydrogen) atoms. The zero-order valence-corrected chi connectivity index (χ0v) is 11.7. The van der Waals surface area contributed by atoms with Crippen LogP contribution in [-0.4, -0.2) is 19.0 Å². The van der Waals surface area contributed by atoms with Crippen LogP contribution < -0.4 is 3.11 Å². The molecule has 0 radical (unpaired) electrons. The van der Waals surface area contributed by atoms with Gasteiger partial charge in [-0.05, 0) is 18.6 Å². The van der Waals surface area contributed by atoms with Crippen molar-refractivity contribution >= 4 is 40.4 Å². The van der Waals surface area contributed by atoms with Crippen molar-refractivity contribution in [2.45, 2.75) is 19.3 Å². The normalized spacial score (nSPS) is 9.76. The van der Waals surface area contributed by atoms with Gasteiger partial charge in [-0.25, -0.2) is 0 Å². The lowest BCUT2D eigenvalue weighted by atomic mass is 10.2. The number of ether oxygens (including phenoxy) is 1. The largest absolute Gasteiger partial charge is 0.469 e. The Morgan fingerprint density at radius 2 is 1.88 bits per heavy atom. The summed E-state index contributed by atoms with van der Waals surface area (Å²) in [5.41, 5.74) is 0.844. The molecule has 5 heteroatoms. The van der Waals surface area contributed by atoms with Gasteiger partial charge in [-0.2, -0.15) is 0 Å². The van der Waals surface area contributed by atoms with Gasteiger partial charge in [-0.3, -0.25) is 12.7 Å². The van der Waals surface area contributed by atoms with E-state index in [1.54, 1.807) is 3.11 Å². The number of methoxy groups -OCH3 is 1. The van der Waals surface area contributed by atoms with Gasteiger partial charge in [0.1, 0.15) is 0 Å². The van der Waals surface area contributed by atoms with E-state index >= 15 is 0 Å². The lowest BCUT2D eigenvalue weighted by Gasteiger charge is -2.14. The van der Waals surface area contributed by atoms with E-state index in [0.29, 0.717) is 12.8 Å². The average molecular weight is 347 g/mol. The maximum Gasteiger partial charge on any atom is 0.305 e. The smallest absolute Gasteiger partial charge is 0.305 e. The standard InChI is InChI=1S/C12H14INO3/c1-17-12(16)9-5-8-11(15)14(13)10-6-3-2-4-7-10/h2-4,6-7H,5,8-9H2,1H3. The molecule has 0 heterocycles. The van der Waals surface area contributed by atoms with E-state index in [1.807, 2.05) is 53.2 Å². The summed E-state index contributed by atoms with van der Waals surface area (Å²) in [4.78, 5) is 22.7. The van der Waals surface area contributed by atoms with E-state index in [1.165, 1.54) is 7.11 Å². The summed E-state index contributed by atoms with van der Waals surface area (Å²) >= 11 is 1.97. The van der Waals surface area contributed by atoms with Crippen molar-refractivity contribution in [3.63, 3.8) is 0 Å². The minimum absolute atomic E-state index is 0.0132. The van der Waals surface area contributed by atoms with Crippen molar-refractivity contribution in [3.05, 3.63) is 30.3 Å². The number of para-hydroxylation sites is 1. The third-order valence-electron chi connectivity index (χ3n) is 2.20. The number of nitrogens with zero attached hydrogens (tertiary/aromatic N) is 1. The third-order valence-corrected chi connectivity index (χ3v) is 3.30. The molecule has 1 aromatic rings. The highest BCUT2D eigenvalue weighted by atomic mass is 127. The molecule has 0 aliphatic rings. The first-order valence-corrected chi connectivity index (χ1v) is 6.22. The molecule has 1 aromatic carbocycles. The number of benzene rings is 1. The zero-order chi connectivity index (χ0) is 12.7. The molecule has 0 unspecified atom stereocenters. The van der Waals surface area contributed by atoms with Gasteiger partial charge in [0.2, 0.25) is 5.91 Å². The number of hydrogen-bond donors (Lipinski definition) is 0. The maximum atomic E-state index is 11.8. The van der Waals surface area contributed by atoms with Crippen molar-refractivity contribution in [1.29, 1.82) is 0 Å². The second-order valence-electron chi connectivity index (χ2n) is 3.44. The Labute approximate surface area is 114 Å². The van der Waals surface area contributed by atoms with E-state index in [9.17, 15) is 9.59 Å². The van der Waals surface area contributed by atoms with Crippen LogP contribution in [0.3, 0.4) is 0 Å². The molecule has 0 aliphatic heterocycles. The third kappa shape index (κ3) is 4.72. The van der Waals surface area contributed by atoms with Gasteiger partial charge >= 0.3 is 5.97 Å². The lowest BCUT2D eigenvalue weighted by Crippen LogP contribution is -2.19. The second kappa shape index (κ2) is 7.26. The van der Waals surface area contributed by atoms with E-state index in [2.05, 4.69) is 4.74 Å². The number of anilines is 1. The molecule has 0 saturated carbocycles. The Morgan fingerprint density at radius 1 is 1.24 bits per heavy atom. The fraction of sp³-hybridized carbons (Fsp3) is 0.333. The SMILES string of the molecule is COC(=O)CCCC(=O)N(I)c1ccccc1. The highest BCUT2D eigenvalue weighted by Crippen LogP contribution is 2.19. The van der Waals surface area contributed by atoms with Crippen molar-refractivity contribution in [2.24, 2.45) is 0 Å². The molecular weight excluding hydrogens is 333 g/mol. The van der Waals surface area contributed by atoms with E-state index in [-0.39, 0.29) is 18.3 Å². The number of halogens is 1. The Bertz CT molecular complexity index is 381. The molecule has 0 N–H and O–H groups in total. The first-order valence-electron chi connectivity index (χ1n) is 5.25. The van der Waals surface area contributed by atoms with Crippen LogP contribution >= 0.6 is 22.9 Å². The molecule has 0 spiro atoms. The highest BCUT2D eigenvalue weighted by Gasteiger charge is 2.12. The average Bonchev–Trinajstić information content (AvgIpc) is 2.38. The van der Waals surface area contributed by atoms with Crippen LogP contribution in [0.2, 0.25) is 0 Å². The van der Waals surface area contributed by atoms with Gasteiger partial charge in [0.05, 0.1) is 35.7 Å². The number of hydrogen-bond acceptors (Lipinski definition) is 3. The van der Waals surface area contributed by atoms with E-state index in [4.69, 9.17) is 0 Å². The molecule has 4 nitrogen and oxygen atoms in total. The van der Waals surface area contributed by atoms with Crippen LogP contribution in [-0.2, 0) is 14.3 Å². The predicted molar refractivity (Wildman–Crippen MR) is 73.8 cm³/mol. The monoisotopic (exact) mass is 347 g/mol. The molecule has 0 aliphatic carbocycles. The van der Waals surface area contributed by atoms with Gasteiger partial charge in [-0.15, -0.1) is 0 Å². The van der Waals surface area contributed by atoms with Crippen molar-refractivity contribution in [2.75, 3.05) is 10.2 Å². The zero-order valence-electron chi connectivity index (χ0n) is 9.56. The van der Waals surface area contributed by atoms with Gasteiger partial charge in [0, 0.05) is 12.8 Å². The molecular formula is C12H14INO3. The molecule has 0 atom stereocenters. The number of rotatable bonds is 5. The fourth-order valence-corrected chi connectivity index (χ4v) is 1.85. The summed E-state index contributed by atoms with van der Waals surface area (Å²) in [6.07, 6.45) is 1.13.